The van der Waals surface area contributed by atoms with Crippen LogP contribution < -0.4 is 0 Å². The number of halogens is 2. The van der Waals surface area contributed by atoms with Gasteiger partial charge in [-0.05, 0) is 50.4 Å². The van der Waals surface area contributed by atoms with Crippen molar-refractivity contribution in [3.8, 4) is 0 Å². The summed E-state index contributed by atoms with van der Waals surface area (Å²) >= 11 is 0. The summed E-state index contributed by atoms with van der Waals surface area (Å²) in [6.45, 7) is 0.483. The number of esters is 2. The molecular weight excluding hydrogens is 799 g/mol. The average molecular weight is 825 g/mol. The Morgan fingerprint density at radius 1 is 1.08 bits per heavy atom. The van der Waals surface area contributed by atoms with Crippen LogP contribution in [0.2, 0.25) is 0 Å². The summed E-state index contributed by atoms with van der Waals surface area (Å²) in [5.74, 6) is -7.21. The third-order valence-corrected chi connectivity index (χ3v) is 10.6. The Balaban J connectivity index is 0.00000308. The number of ether oxygens (including phenoxy) is 2. The molecule has 6 bridgehead atoms. The molecule has 0 aromatic carbocycles. The van der Waals surface area contributed by atoms with Crippen LogP contribution in [0.5, 0.6) is 0 Å². The van der Waals surface area contributed by atoms with Gasteiger partial charge in [0, 0.05) is 24.7 Å². The first kappa shape index (κ1) is 27.1. The summed E-state index contributed by atoms with van der Waals surface area (Å²) in [5.41, 5.74) is -0.871. The van der Waals surface area contributed by atoms with Crippen LogP contribution >= 0.6 is 0 Å². The van der Waals surface area contributed by atoms with Crippen molar-refractivity contribution in [3.63, 3.8) is 0 Å². The fourth-order valence-corrected chi connectivity index (χ4v) is 8.83. The Morgan fingerprint density at radius 3 is 2.26 bits per heavy atom. The van der Waals surface area contributed by atoms with Crippen molar-refractivity contribution in [3.05, 3.63) is 6.61 Å². The van der Waals surface area contributed by atoms with Gasteiger partial charge in [-0.1, -0.05) is 6.61 Å². The summed E-state index contributed by atoms with van der Waals surface area (Å²) in [5, 5.41) is -4.99. The maximum atomic E-state index is 13.7. The normalized spacial score (nSPS) is 41.5. The standard InChI is InChI=1S/C24H26F2NO10S.Rf/c1-9(28)27-17-13-4-14(16(15(13)20(27)30)21(31)36-8-24(25,26)38(33,34)35)19(17)37-22(32)23-5-10-2-11(6-23)18(29)12(3-10)7-23;/h8,10-17,19H,2-7H2,1H3,(H,33,34,35);/q-1;/p-1. The number of nitrogens with zero attached hydrogens (tertiary/aromatic N) is 1. The fourth-order valence-electron chi connectivity index (χ4n) is 8.66. The number of hydrogen-bond donors (Lipinski definition) is 0. The van der Waals surface area contributed by atoms with Crippen molar-refractivity contribution in [2.45, 2.75) is 62.8 Å². The minimum absolute atomic E-state index is 0. The van der Waals surface area contributed by atoms with Gasteiger partial charge in [-0.15, -0.1) is 0 Å². The van der Waals surface area contributed by atoms with E-state index in [1.165, 1.54) is 0 Å². The number of likely N-dealkylation sites (tertiary alicyclic amines) is 1. The number of ketones is 1. The molecule has 0 aromatic rings. The van der Waals surface area contributed by atoms with E-state index in [9.17, 15) is 45.7 Å². The molecule has 0 N–H and O–H groups in total. The molecule has 210 valence electrons. The minimum Gasteiger partial charge on any atom is -0.746 e. The molecule has 7 rings (SSSR count). The monoisotopic (exact) mass is 824 g/mol. The molecule has 8 unspecified atom stereocenters. The van der Waals surface area contributed by atoms with E-state index < -0.39 is 87.0 Å². The second kappa shape index (κ2) is 8.26. The Morgan fingerprint density at radius 2 is 1.69 bits per heavy atom. The van der Waals surface area contributed by atoms with E-state index in [4.69, 9.17) is 4.74 Å². The van der Waals surface area contributed by atoms with Gasteiger partial charge in [0.1, 0.15) is 22.0 Å². The molecule has 8 atom stereocenters. The second-order valence-corrected chi connectivity index (χ2v) is 13.3. The molecule has 6 saturated carbocycles. The molecule has 6 aliphatic carbocycles. The molecule has 0 aromatic heterocycles. The van der Waals surface area contributed by atoms with E-state index >= 15 is 0 Å². The number of rotatable bonds is 6. The van der Waals surface area contributed by atoms with E-state index in [0.717, 1.165) is 24.7 Å². The molecule has 1 heterocycles. The largest absolute Gasteiger partial charge is 0.746 e. The van der Waals surface area contributed by atoms with Crippen LogP contribution in [0.3, 0.4) is 0 Å². The Hall–Kier alpha value is -3.48. The van der Waals surface area contributed by atoms with Gasteiger partial charge in [0.25, 0.3) is 11.2 Å². The van der Waals surface area contributed by atoms with Crippen LogP contribution in [0, 0.1) is 53.4 Å². The zero-order chi connectivity index (χ0) is 27.5. The number of carbonyl (C=O) groups excluding carboxylic acids is 5. The molecule has 7 fully saturated rings. The first-order valence-electron chi connectivity index (χ1n) is 12.6. The average Bonchev–Trinajstić information content (AvgIpc) is 3.42. The number of fused-ring (bicyclic) bond motifs is 1. The molecule has 39 heavy (non-hydrogen) atoms. The van der Waals surface area contributed by atoms with Crippen LogP contribution in [-0.4, -0.2) is 64.8 Å². The molecule has 2 amide bonds. The molecule has 1 aliphatic heterocycles. The number of Topliss-reactive ketones (excluding diaryl/α,β-unsaturated/α-hetero) is 1. The van der Waals surface area contributed by atoms with E-state index in [-0.39, 0.29) is 30.0 Å². The third kappa shape index (κ3) is 3.61. The summed E-state index contributed by atoms with van der Waals surface area (Å²) in [6, 6.07) is -0.828. The molecule has 11 nitrogen and oxygen atoms in total. The molecule has 7 aliphatic rings. The predicted molar refractivity (Wildman–Crippen MR) is 116 cm³/mol. The predicted octanol–water partition coefficient (Wildman–Crippen LogP) is 0.776. The Kier molecular flexibility index (Phi) is 5.74. The molecule has 0 radical (unpaired) electrons. The maximum absolute atomic E-state index is 13.7. The Bertz CT molecular complexity index is 1260. The van der Waals surface area contributed by atoms with Gasteiger partial charge in [-0.2, -0.15) is 0 Å². The van der Waals surface area contributed by atoms with Gasteiger partial charge in [-0.25, -0.2) is 17.2 Å². The van der Waals surface area contributed by atoms with Crippen molar-refractivity contribution in [2.75, 3.05) is 0 Å². The first-order chi connectivity index (χ1) is 17.6. The summed E-state index contributed by atoms with van der Waals surface area (Å²) < 4.78 is 69.9. The van der Waals surface area contributed by atoms with Crippen LogP contribution in [-0.2, 0) is 43.6 Å². The number of hydrogen-bond acceptors (Lipinski definition) is 10. The van der Waals surface area contributed by atoms with Crippen molar-refractivity contribution in [1.29, 1.82) is 0 Å². The number of amides is 2. The summed E-state index contributed by atoms with van der Waals surface area (Å²) in [7, 11) is -6.16. The number of imide groups is 1. The van der Waals surface area contributed by atoms with Crippen molar-refractivity contribution < 1.29 is 55.2 Å². The van der Waals surface area contributed by atoms with Crippen molar-refractivity contribution in [1.82, 2.24) is 4.90 Å². The van der Waals surface area contributed by atoms with Crippen LogP contribution in [0.15, 0.2) is 0 Å². The van der Waals surface area contributed by atoms with Crippen LogP contribution in [0.25, 0.3) is 0 Å². The zero-order valence-corrected chi connectivity index (χ0v) is 28.1. The minimum atomic E-state index is -6.16. The first-order valence-corrected chi connectivity index (χ1v) is 14.0. The van der Waals surface area contributed by atoms with Gasteiger partial charge in [0.2, 0.25) is 11.8 Å². The van der Waals surface area contributed by atoms with E-state index in [1.807, 2.05) is 0 Å². The number of carbonyl (C=O) groups is 5. The molecule has 15 heteroatoms. The van der Waals surface area contributed by atoms with E-state index in [1.54, 1.807) is 0 Å². The smallest absolute Gasteiger partial charge is 0.312 e. The van der Waals surface area contributed by atoms with Gasteiger partial charge in [0.05, 0.1) is 23.3 Å². The van der Waals surface area contributed by atoms with Gasteiger partial charge >= 0.3 is 5.97 Å². The number of alkyl halides is 2. The topological polar surface area (TPSA) is 164 Å². The molecule has 1 saturated heterocycles. The fraction of sp³-hybridized carbons (Fsp3) is 0.750. The summed E-state index contributed by atoms with van der Waals surface area (Å²) in [4.78, 5) is 65.6. The van der Waals surface area contributed by atoms with Crippen LogP contribution in [0.1, 0.15) is 45.4 Å². The Labute approximate surface area is 216 Å². The van der Waals surface area contributed by atoms with Crippen LogP contribution in [0.4, 0.5) is 8.78 Å². The SMILES string of the molecule is CC(=O)N1C(=O)C2C3CC(C(OC(=O)C45CC6CC(C4)C(=O)C(C6)C5)C31)C2C(=O)O[CH-]C(F)(F)S(=O)(=O)[O-].[Rf]. The zero-order valence-electron chi connectivity index (χ0n) is 20.9. The molecular formula is C24H25F2NO10RfS-2. The van der Waals surface area contributed by atoms with Gasteiger partial charge in [0.15, 0.2) is 0 Å². The summed E-state index contributed by atoms with van der Waals surface area (Å²) in [6.07, 6.45) is 1.85. The van der Waals surface area contributed by atoms with Crippen molar-refractivity contribution >= 4 is 39.7 Å². The maximum Gasteiger partial charge on any atom is 0.312 e. The van der Waals surface area contributed by atoms with Crippen molar-refractivity contribution in [2.24, 2.45) is 46.8 Å². The van der Waals surface area contributed by atoms with E-state index in [2.05, 4.69) is 4.74 Å². The van der Waals surface area contributed by atoms with Gasteiger partial charge < -0.3 is 14.0 Å². The second-order valence-electron chi connectivity index (χ2n) is 11.8. The third-order valence-electron chi connectivity index (χ3n) is 9.80. The van der Waals surface area contributed by atoms with Gasteiger partial charge in [-0.3, -0.25) is 28.9 Å². The van der Waals surface area contributed by atoms with E-state index in [0.29, 0.717) is 19.3 Å². The molecule has 0 spiro atoms. The quantitative estimate of drug-likeness (QED) is 0.213.